The van der Waals surface area contributed by atoms with Crippen LogP contribution in [0.2, 0.25) is 0 Å². The van der Waals surface area contributed by atoms with Gasteiger partial charge in [0.1, 0.15) is 0 Å². The van der Waals surface area contributed by atoms with Crippen molar-refractivity contribution in [3.05, 3.63) is 40.6 Å². The van der Waals surface area contributed by atoms with E-state index in [0.717, 1.165) is 12.7 Å². The molecule has 1 aromatic heterocycles. The molecule has 6 heteroatoms. The van der Waals surface area contributed by atoms with Gasteiger partial charge >= 0.3 is 0 Å². The lowest BCUT2D eigenvalue weighted by Gasteiger charge is -2.11. The fourth-order valence-corrected chi connectivity index (χ4v) is 3.34. The van der Waals surface area contributed by atoms with Gasteiger partial charge < -0.3 is 11.1 Å². The van der Waals surface area contributed by atoms with Gasteiger partial charge in [0.15, 0.2) is 9.84 Å². The number of sulfone groups is 1. The fourth-order valence-electron chi connectivity index (χ4n) is 1.80. The van der Waals surface area contributed by atoms with E-state index in [2.05, 4.69) is 16.8 Å². The van der Waals surface area contributed by atoms with Gasteiger partial charge in [0.2, 0.25) is 0 Å². The zero-order chi connectivity index (χ0) is 13.9. The first kappa shape index (κ1) is 13.9. The summed E-state index contributed by atoms with van der Waals surface area (Å²) in [7, 11) is -3.29. The molecule has 0 radical (unpaired) electrons. The Morgan fingerprint density at radius 3 is 2.74 bits per heavy atom. The molecule has 4 nitrogen and oxygen atoms in total. The van der Waals surface area contributed by atoms with Crippen molar-refractivity contribution in [3.8, 4) is 0 Å². The minimum Gasteiger partial charge on any atom is -0.396 e. The number of hydrogen-bond acceptors (Lipinski definition) is 5. The van der Waals surface area contributed by atoms with Gasteiger partial charge in [-0.25, -0.2) is 8.42 Å². The normalized spacial score (nSPS) is 11.4. The molecule has 102 valence electrons. The van der Waals surface area contributed by atoms with Crippen molar-refractivity contribution in [3.63, 3.8) is 0 Å². The number of para-hydroxylation sites is 1. The SMILES string of the molecule is CS(=O)(=O)c1cccc(NCCc2ccsc2)c1N. The molecule has 0 saturated carbocycles. The number of anilines is 2. The quantitative estimate of drug-likeness (QED) is 0.831. The third-order valence-corrected chi connectivity index (χ3v) is 4.66. The van der Waals surface area contributed by atoms with Crippen LogP contribution in [0.5, 0.6) is 0 Å². The first-order valence-corrected chi connectivity index (χ1v) is 8.65. The van der Waals surface area contributed by atoms with Crippen molar-refractivity contribution in [1.29, 1.82) is 0 Å². The molecule has 0 fully saturated rings. The highest BCUT2D eigenvalue weighted by Gasteiger charge is 2.13. The second-order valence-electron chi connectivity index (χ2n) is 4.30. The third kappa shape index (κ3) is 3.48. The molecule has 0 unspecified atom stereocenters. The number of benzene rings is 1. The molecule has 1 heterocycles. The van der Waals surface area contributed by atoms with Crippen molar-refractivity contribution in [2.45, 2.75) is 11.3 Å². The Morgan fingerprint density at radius 1 is 1.32 bits per heavy atom. The summed E-state index contributed by atoms with van der Waals surface area (Å²) in [5, 5.41) is 7.31. The zero-order valence-corrected chi connectivity index (χ0v) is 12.2. The monoisotopic (exact) mass is 296 g/mol. The zero-order valence-electron chi connectivity index (χ0n) is 10.6. The van der Waals surface area contributed by atoms with Crippen LogP contribution in [0.4, 0.5) is 11.4 Å². The lowest BCUT2D eigenvalue weighted by molar-refractivity contribution is 0.602. The van der Waals surface area contributed by atoms with Crippen molar-refractivity contribution in [1.82, 2.24) is 0 Å². The summed E-state index contributed by atoms with van der Waals surface area (Å²) < 4.78 is 23.1. The smallest absolute Gasteiger partial charge is 0.177 e. The lowest BCUT2D eigenvalue weighted by Crippen LogP contribution is -2.09. The van der Waals surface area contributed by atoms with Crippen LogP contribution < -0.4 is 11.1 Å². The molecular weight excluding hydrogens is 280 g/mol. The summed E-state index contributed by atoms with van der Waals surface area (Å²) in [6.45, 7) is 0.716. The first-order valence-electron chi connectivity index (χ1n) is 5.82. The van der Waals surface area contributed by atoms with Gasteiger partial charge in [-0.2, -0.15) is 11.3 Å². The van der Waals surface area contributed by atoms with Crippen molar-refractivity contribution < 1.29 is 8.42 Å². The van der Waals surface area contributed by atoms with E-state index >= 15 is 0 Å². The molecule has 0 amide bonds. The van der Waals surface area contributed by atoms with E-state index < -0.39 is 9.84 Å². The average molecular weight is 296 g/mol. The molecule has 0 saturated heterocycles. The number of nitrogens with two attached hydrogens (primary N) is 1. The topological polar surface area (TPSA) is 72.2 Å². The van der Waals surface area contributed by atoms with E-state index in [1.54, 1.807) is 23.5 Å². The molecular formula is C13H16N2O2S2. The highest BCUT2D eigenvalue weighted by atomic mass is 32.2. The highest BCUT2D eigenvalue weighted by Crippen LogP contribution is 2.26. The number of hydrogen-bond donors (Lipinski definition) is 2. The molecule has 2 aromatic rings. The van der Waals surface area contributed by atoms with Crippen LogP contribution in [-0.2, 0) is 16.3 Å². The fraction of sp³-hybridized carbons (Fsp3) is 0.231. The number of thiophene rings is 1. The van der Waals surface area contributed by atoms with Crippen molar-refractivity contribution in [2.75, 3.05) is 23.9 Å². The van der Waals surface area contributed by atoms with Crippen molar-refractivity contribution in [2.24, 2.45) is 0 Å². The standard InChI is InChI=1S/C13H16N2O2S2/c1-19(16,17)12-4-2-3-11(13(12)14)15-7-5-10-6-8-18-9-10/h2-4,6,8-9,15H,5,7,14H2,1H3. The van der Waals surface area contributed by atoms with Crippen LogP contribution in [0.3, 0.4) is 0 Å². The summed E-state index contributed by atoms with van der Waals surface area (Å²) in [6, 6.07) is 7.08. The lowest BCUT2D eigenvalue weighted by atomic mass is 10.2. The Bertz CT molecular complexity index is 649. The van der Waals surface area contributed by atoms with E-state index in [0.29, 0.717) is 12.2 Å². The summed E-state index contributed by atoms with van der Waals surface area (Å²) in [5.41, 5.74) is 8.10. The predicted molar refractivity (Wildman–Crippen MR) is 80.5 cm³/mol. The first-order chi connectivity index (χ1) is 8.98. The minimum absolute atomic E-state index is 0.174. The van der Waals surface area contributed by atoms with Gasteiger partial charge in [-0.3, -0.25) is 0 Å². The molecule has 3 N–H and O–H groups in total. The molecule has 0 aliphatic heterocycles. The number of nitrogen functional groups attached to an aromatic ring is 1. The summed E-state index contributed by atoms with van der Waals surface area (Å²) in [4.78, 5) is 0.174. The summed E-state index contributed by atoms with van der Waals surface area (Å²) in [6.07, 6.45) is 2.04. The minimum atomic E-state index is -3.29. The van der Waals surface area contributed by atoms with Crippen molar-refractivity contribution >= 4 is 32.5 Å². The Balaban J connectivity index is 2.09. The second-order valence-corrected chi connectivity index (χ2v) is 7.06. The number of nitrogens with one attached hydrogen (secondary N) is 1. The van der Waals surface area contributed by atoms with E-state index in [9.17, 15) is 8.42 Å². The van der Waals surface area contributed by atoms with E-state index in [4.69, 9.17) is 5.73 Å². The Kier molecular flexibility index (Phi) is 4.11. The average Bonchev–Trinajstić information content (AvgIpc) is 2.83. The molecule has 0 bridgehead atoms. The molecule has 1 aromatic carbocycles. The van der Waals surface area contributed by atoms with Crippen LogP contribution in [0.1, 0.15) is 5.56 Å². The van der Waals surface area contributed by atoms with Gasteiger partial charge in [0.25, 0.3) is 0 Å². The van der Waals surface area contributed by atoms with Gasteiger partial charge in [0, 0.05) is 12.8 Å². The summed E-state index contributed by atoms with van der Waals surface area (Å²) >= 11 is 1.66. The van der Waals surface area contributed by atoms with Crippen LogP contribution in [0.25, 0.3) is 0 Å². The van der Waals surface area contributed by atoms with Crippen LogP contribution in [0.15, 0.2) is 39.9 Å². The molecule has 2 rings (SSSR count). The van der Waals surface area contributed by atoms with Gasteiger partial charge in [-0.05, 0) is 40.9 Å². The predicted octanol–water partition coefficient (Wildman–Crippen LogP) is 2.39. The molecule has 0 aliphatic rings. The van der Waals surface area contributed by atoms with E-state index in [-0.39, 0.29) is 10.6 Å². The Morgan fingerprint density at radius 2 is 2.11 bits per heavy atom. The Labute approximate surface area is 117 Å². The van der Waals surface area contributed by atoms with Crippen LogP contribution in [-0.4, -0.2) is 21.2 Å². The van der Waals surface area contributed by atoms with Gasteiger partial charge in [-0.15, -0.1) is 0 Å². The van der Waals surface area contributed by atoms with Gasteiger partial charge in [-0.1, -0.05) is 6.07 Å². The molecule has 19 heavy (non-hydrogen) atoms. The van der Waals surface area contributed by atoms with Crippen LogP contribution >= 0.6 is 11.3 Å². The van der Waals surface area contributed by atoms with E-state index in [1.165, 1.54) is 11.6 Å². The maximum absolute atomic E-state index is 11.6. The van der Waals surface area contributed by atoms with E-state index in [1.807, 2.05) is 5.38 Å². The highest BCUT2D eigenvalue weighted by molar-refractivity contribution is 7.90. The largest absolute Gasteiger partial charge is 0.396 e. The third-order valence-electron chi connectivity index (χ3n) is 2.77. The maximum Gasteiger partial charge on any atom is 0.177 e. The van der Waals surface area contributed by atoms with Gasteiger partial charge in [0.05, 0.1) is 16.3 Å². The molecule has 0 atom stereocenters. The number of rotatable bonds is 5. The molecule has 0 spiro atoms. The maximum atomic E-state index is 11.6. The second kappa shape index (κ2) is 5.63. The van der Waals surface area contributed by atoms with Crippen LogP contribution in [0, 0.1) is 0 Å². The summed E-state index contributed by atoms with van der Waals surface area (Å²) in [5.74, 6) is 0. The molecule has 0 aliphatic carbocycles. The Hall–Kier alpha value is -1.53.